The molecule has 3 amide bonds. The maximum Gasteiger partial charge on any atom is 0.312 e. The summed E-state index contributed by atoms with van der Waals surface area (Å²) in [5.41, 5.74) is 0.804. The molecule has 2 aliphatic rings. The molecule has 0 aliphatic carbocycles. The summed E-state index contributed by atoms with van der Waals surface area (Å²) < 4.78 is 6.73. The molecule has 0 bridgehead atoms. The van der Waals surface area contributed by atoms with Crippen LogP contribution in [0.25, 0.3) is 10.9 Å². The van der Waals surface area contributed by atoms with Crippen molar-refractivity contribution in [1.29, 1.82) is 0 Å². The molecule has 2 saturated heterocycles. The Bertz CT molecular complexity index is 1050. The number of fused-ring (bicyclic) bond motifs is 1. The quantitative estimate of drug-likeness (QED) is 0.599. The molecule has 2 aliphatic heterocycles. The molecule has 3 heterocycles. The van der Waals surface area contributed by atoms with Crippen molar-refractivity contribution in [2.45, 2.75) is 0 Å². The maximum absolute atomic E-state index is 13.1. The summed E-state index contributed by atoms with van der Waals surface area (Å²) in [6, 6.07) is 8.65. The highest BCUT2D eigenvalue weighted by Crippen LogP contribution is 2.19. The van der Waals surface area contributed by atoms with E-state index in [1.165, 1.54) is 20.4 Å². The van der Waals surface area contributed by atoms with Crippen molar-refractivity contribution in [3.05, 3.63) is 46.2 Å². The number of carbonyl (C=O) groups is 3. The minimum Gasteiger partial charge on any atom is -0.378 e. The number of carbonyl (C=O) groups excluding carboxylic acids is 3. The van der Waals surface area contributed by atoms with Crippen molar-refractivity contribution in [3.63, 3.8) is 0 Å². The minimum atomic E-state index is -0.539. The smallest absolute Gasteiger partial charge is 0.312 e. The van der Waals surface area contributed by atoms with Gasteiger partial charge in [0, 0.05) is 57.8 Å². The Labute approximate surface area is 173 Å². The zero-order valence-corrected chi connectivity index (χ0v) is 16.9. The molecule has 9 nitrogen and oxygen atoms in total. The van der Waals surface area contributed by atoms with Crippen LogP contribution in [0.15, 0.2) is 35.1 Å². The number of morpholine rings is 1. The van der Waals surface area contributed by atoms with Gasteiger partial charge in [-0.1, -0.05) is 18.2 Å². The summed E-state index contributed by atoms with van der Waals surface area (Å²) in [5, 5.41) is 0.714. The fraction of sp³-hybridized carbons (Fsp3) is 0.429. The molecule has 30 heavy (non-hydrogen) atoms. The Morgan fingerprint density at radius 1 is 0.833 bits per heavy atom. The number of para-hydroxylation sites is 1. The molecule has 1 aromatic carbocycles. The standard InChI is InChI=1S/C21H24N4O5/c1-22-17-5-3-2-4-15(17)16(14-18(22)26)19(27)23-6-8-24(9-7-23)20(28)21(29)25-10-12-30-13-11-25/h2-5,14H,6-13H2,1H3. The third kappa shape index (κ3) is 3.68. The van der Waals surface area contributed by atoms with Gasteiger partial charge in [-0.3, -0.25) is 19.2 Å². The summed E-state index contributed by atoms with van der Waals surface area (Å²) in [5.74, 6) is -1.30. The molecule has 0 unspecified atom stereocenters. The number of hydrogen-bond donors (Lipinski definition) is 0. The van der Waals surface area contributed by atoms with E-state index in [9.17, 15) is 19.2 Å². The first-order valence-corrected chi connectivity index (χ1v) is 10.0. The minimum absolute atomic E-state index is 0.240. The maximum atomic E-state index is 13.1. The molecule has 158 valence electrons. The highest BCUT2D eigenvalue weighted by Gasteiger charge is 2.32. The number of hydrogen-bond acceptors (Lipinski definition) is 5. The average Bonchev–Trinajstić information content (AvgIpc) is 2.80. The van der Waals surface area contributed by atoms with Gasteiger partial charge in [-0.15, -0.1) is 0 Å². The number of rotatable bonds is 1. The van der Waals surface area contributed by atoms with Crippen LogP contribution in [0.2, 0.25) is 0 Å². The van der Waals surface area contributed by atoms with Gasteiger partial charge in [-0.2, -0.15) is 0 Å². The number of aryl methyl sites for hydroxylation is 1. The third-order valence-electron chi connectivity index (χ3n) is 5.72. The predicted octanol–water partition coefficient (Wildman–Crippen LogP) is -0.318. The van der Waals surface area contributed by atoms with Crippen molar-refractivity contribution in [2.24, 2.45) is 7.05 Å². The lowest BCUT2D eigenvalue weighted by molar-refractivity contribution is -0.154. The first-order valence-electron chi connectivity index (χ1n) is 10.0. The first-order chi connectivity index (χ1) is 14.5. The van der Waals surface area contributed by atoms with Crippen molar-refractivity contribution in [2.75, 3.05) is 52.5 Å². The largest absolute Gasteiger partial charge is 0.378 e. The fourth-order valence-electron chi connectivity index (χ4n) is 3.91. The zero-order chi connectivity index (χ0) is 21.3. The molecule has 9 heteroatoms. The van der Waals surface area contributed by atoms with Crippen LogP contribution >= 0.6 is 0 Å². The normalized spacial score (nSPS) is 17.3. The van der Waals surface area contributed by atoms with Crippen molar-refractivity contribution in [1.82, 2.24) is 19.3 Å². The van der Waals surface area contributed by atoms with Gasteiger partial charge in [0.1, 0.15) is 0 Å². The van der Waals surface area contributed by atoms with E-state index in [0.29, 0.717) is 55.9 Å². The Morgan fingerprint density at radius 3 is 2.07 bits per heavy atom. The number of aromatic nitrogens is 1. The van der Waals surface area contributed by atoms with E-state index in [-0.39, 0.29) is 24.6 Å². The summed E-state index contributed by atoms with van der Waals surface area (Å²) in [4.78, 5) is 55.0. The van der Waals surface area contributed by atoms with Crippen LogP contribution in [0.3, 0.4) is 0 Å². The molecule has 0 N–H and O–H groups in total. The van der Waals surface area contributed by atoms with Crippen LogP contribution in [0.1, 0.15) is 10.4 Å². The molecule has 4 rings (SSSR count). The van der Waals surface area contributed by atoms with Gasteiger partial charge in [0.05, 0.1) is 24.3 Å². The Hall–Kier alpha value is -3.20. The number of benzene rings is 1. The summed E-state index contributed by atoms with van der Waals surface area (Å²) >= 11 is 0. The van der Waals surface area contributed by atoms with Gasteiger partial charge in [-0.25, -0.2) is 0 Å². The van der Waals surface area contributed by atoms with E-state index >= 15 is 0 Å². The highest BCUT2D eigenvalue weighted by molar-refractivity contribution is 6.35. The lowest BCUT2D eigenvalue weighted by Gasteiger charge is -2.36. The summed E-state index contributed by atoms with van der Waals surface area (Å²) in [7, 11) is 1.68. The second-order valence-electron chi connectivity index (χ2n) is 7.46. The molecule has 0 atom stereocenters. The first kappa shape index (κ1) is 20.1. The van der Waals surface area contributed by atoms with Crippen LogP contribution in [-0.4, -0.2) is 89.5 Å². The van der Waals surface area contributed by atoms with Gasteiger partial charge in [0.2, 0.25) is 0 Å². The summed E-state index contributed by atoms with van der Waals surface area (Å²) in [6.07, 6.45) is 0. The van der Waals surface area contributed by atoms with E-state index in [1.807, 2.05) is 18.2 Å². The molecule has 0 saturated carbocycles. The van der Waals surface area contributed by atoms with Crippen LogP contribution < -0.4 is 5.56 Å². The van der Waals surface area contributed by atoms with E-state index in [0.717, 1.165) is 0 Å². The number of amides is 3. The average molecular weight is 412 g/mol. The van der Waals surface area contributed by atoms with E-state index < -0.39 is 11.8 Å². The number of ether oxygens (including phenoxy) is 1. The Balaban J connectivity index is 1.46. The Kier molecular flexibility index (Phi) is 5.54. The monoisotopic (exact) mass is 412 g/mol. The van der Waals surface area contributed by atoms with Gasteiger partial charge < -0.3 is 24.0 Å². The van der Waals surface area contributed by atoms with Crippen molar-refractivity contribution in [3.8, 4) is 0 Å². The lowest BCUT2D eigenvalue weighted by atomic mass is 10.1. The molecule has 2 aromatic rings. The third-order valence-corrected chi connectivity index (χ3v) is 5.72. The molecular formula is C21H24N4O5. The van der Waals surface area contributed by atoms with E-state index in [1.54, 1.807) is 18.0 Å². The van der Waals surface area contributed by atoms with E-state index in [2.05, 4.69) is 0 Å². The van der Waals surface area contributed by atoms with Gasteiger partial charge in [0.25, 0.3) is 11.5 Å². The van der Waals surface area contributed by atoms with E-state index in [4.69, 9.17) is 4.74 Å². The van der Waals surface area contributed by atoms with Gasteiger partial charge in [0.15, 0.2) is 0 Å². The highest BCUT2D eigenvalue weighted by atomic mass is 16.5. The molecule has 2 fully saturated rings. The van der Waals surface area contributed by atoms with Crippen LogP contribution in [-0.2, 0) is 21.4 Å². The predicted molar refractivity (Wildman–Crippen MR) is 109 cm³/mol. The number of piperazine rings is 1. The van der Waals surface area contributed by atoms with Gasteiger partial charge >= 0.3 is 11.8 Å². The zero-order valence-electron chi connectivity index (χ0n) is 16.9. The fourth-order valence-corrected chi connectivity index (χ4v) is 3.91. The second-order valence-corrected chi connectivity index (χ2v) is 7.46. The summed E-state index contributed by atoms with van der Waals surface area (Å²) in [6.45, 7) is 2.89. The number of pyridine rings is 1. The SMILES string of the molecule is Cn1c(=O)cc(C(=O)N2CCN(C(=O)C(=O)N3CCOCC3)CC2)c2ccccc21. The topological polar surface area (TPSA) is 92.2 Å². The number of nitrogens with zero attached hydrogens (tertiary/aromatic N) is 4. The molecular weight excluding hydrogens is 388 g/mol. The van der Waals surface area contributed by atoms with Crippen molar-refractivity contribution < 1.29 is 19.1 Å². The molecule has 0 spiro atoms. The molecule has 0 radical (unpaired) electrons. The lowest BCUT2D eigenvalue weighted by Crippen LogP contribution is -2.55. The second kappa shape index (κ2) is 8.27. The molecule has 1 aromatic heterocycles. The van der Waals surface area contributed by atoms with Crippen LogP contribution in [0.4, 0.5) is 0 Å². The van der Waals surface area contributed by atoms with Crippen LogP contribution in [0.5, 0.6) is 0 Å². The Morgan fingerprint density at radius 2 is 1.40 bits per heavy atom. The van der Waals surface area contributed by atoms with Crippen molar-refractivity contribution >= 4 is 28.6 Å². The van der Waals surface area contributed by atoms with Crippen LogP contribution in [0, 0.1) is 0 Å². The van der Waals surface area contributed by atoms with Gasteiger partial charge in [-0.05, 0) is 6.07 Å².